The van der Waals surface area contributed by atoms with Gasteiger partial charge < -0.3 is 10.1 Å². The van der Waals surface area contributed by atoms with Crippen LogP contribution < -0.4 is 5.32 Å². The number of halogens is 1. The second-order valence-electron chi connectivity index (χ2n) is 5.60. The lowest BCUT2D eigenvalue weighted by atomic mass is 10.2. The van der Waals surface area contributed by atoms with Crippen LogP contribution in [0.1, 0.15) is 22.8 Å². The van der Waals surface area contributed by atoms with Crippen LogP contribution >= 0.6 is 15.9 Å². The van der Waals surface area contributed by atoms with Gasteiger partial charge in [0.1, 0.15) is 11.4 Å². The summed E-state index contributed by atoms with van der Waals surface area (Å²) in [6.07, 6.45) is 1.39. The molecule has 2 aromatic rings. The fraction of sp³-hybridized carbons (Fsp3) is 0.353. The summed E-state index contributed by atoms with van der Waals surface area (Å²) >= 11 is 3.40. The Bertz CT molecular complexity index is 743. The van der Waals surface area contributed by atoms with Crippen LogP contribution in [0, 0.1) is 0 Å². The monoisotopic (exact) mass is 408 g/mol. The van der Waals surface area contributed by atoms with E-state index in [-0.39, 0.29) is 24.6 Å². The van der Waals surface area contributed by atoms with Gasteiger partial charge in [-0.25, -0.2) is 4.79 Å². The first-order valence-corrected chi connectivity index (χ1v) is 8.62. The zero-order valence-electron chi connectivity index (χ0n) is 14.5. The van der Waals surface area contributed by atoms with E-state index < -0.39 is 5.97 Å². The minimum atomic E-state index is -0.505. The molecule has 0 unspecified atom stereocenters. The summed E-state index contributed by atoms with van der Waals surface area (Å²) in [5.41, 5.74) is 1.35. The molecule has 7 nitrogen and oxygen atoms in total. The molecule has 2 rings (SSSR count). The molecule has 1 aromatic carbocycles. The van der Waals surface area contributed by atoms with Crippen molar-refractivity contribution in [3.8, 4) is 0 Å². The Kier molecular flexibility index (Phi) is 6.72. The second kappa shape index (κ2) is 8.77. The van der Waals surface area contributed by atoms with Crippen molar-refractivity contribution in [3.63, 3.8) is 0 Å². The number of likely N-dealkylation sites (N-methyl/N-ethyl adjacent to an activating group) is 1. The summed E-state index contributed by atoms with van der Waals surface area (Å²) < 4.78 is 7.43. The fourth-order valence-electron chi connectivity index (χ4n) is 2.32. The highest BCUT2D eigenvalue weighted by atomic mass is 79.9. The average molecular weight is 409 g/mol. The molecule has 1 heterocycles. The second-order valence-corrected chi connectivity index (χ2v) is 6.51. The molecule has 0 fully saturated rings. The highest BCUT2D eigenvalue weighted by molar-refractivity contribution is 9.10. The van der Waals surface area contributed by atoms with Gasteiger partial charge in [-0.1, -0.05) is 28.1 Å². The van der Waals surface area contributed by atoms with Crippen molar-refractivity contribution in [1.29, 1.82) is 0 Å². The van der Waals surface area contributed by atoms with E-state index in [1.165, 1.54) is 10.9 Å². The van der Waals surface area contributed by atoms with Crippen molar-refractivity contribution in [2.45, 2.75) is 13.5 Å². The molecule has 0 saturated carbocycles. The molecule has 0 bridgehead atoms. The standard InChI is InChI=1S/C17H21BrN4O3/c1-4-25-17(24)14-9-19-22(3)16(14)20-15(23)11-21(2)10-12-5-7-13(18)8-6-12/h5-9H,4,10-11H2,1-3H3,(H,20,23). The summed E-state index contributed by atoms with van der Waals surface area (Å²) in [6, 6.07) is 7.92. The molecule has 0 atom stereocenters. The summed E-state index contributed by atoms with van der Waals surface area (Å²) in [6.45, 7) is 2.81. The zero-order valence-corrected chi connectivity index (χ0v) is 16.0. The van der Waals surface area contributed by atoms with Gasteiger partial charge in [0.15, 0.2) is 0 Å². The van der Waals surface area contributed by atoms with Gasteiger partial charge >= 0.3 is 5.97 Å². The summed E-state index contributed by atoms with van der Waals surface area (Å²) in [5.74, 6) is -0.400. The third-order valence-electron chi connectivity index (χ3n) is 3.47. The first-order valence-electron chi connectivity index (χ1n) is 7.82. The number of esters is 1. The Labute approximate surface area is 155 Å². The molecule has 1 aromatic heterocycles. The largest absolute Gasteiger partial charge is 0.462 e. The molecule has 8 heteroatoms. The molecule has 0 saturated heterocycles. The van der Waals surface area contributed by atoms with Gasteiger partial charge in [0.25, 0.3) is 0 Å². The molecule has 0 spiro atoms. The molecule has 0 radical (unpaired) electrons. The van der Waals surface area contributed by atoms with E-state index in [0.29, 0.717) is 12.4 Å². The Morgan fingerprint density at radius 1 is 1.32 bits per heavy atom. The highest BCUT2D eigenvalue weighted by Gasteiger charge is 2.19. The van der Waals surface area contributed by atoms with Gasteiger partial charge in [0.05, 0.1) is 19.3 Å². The number of benzene rings is 1. The van der Waals surface area contributed by atoms with E-state index in [9.17, 15) is 9.59 Å². The molecule has 1 amide bonds. The number of nitrogens with one attached hydrogen (secondary N) is 1. The van der Waals surface area contributed by atoms with Crippen LogP contribution in [0.5, 0.6) is 0 Å². The van der Waals surface area contributed by atoms with E-state index in [2.05, 4.69) is 26.3 Å². The zero-order chi connectivity index (χ0) is 18.4. The number of anilines is 1. The third-order valence-corrected chi connectivity index (χ3v) is 4.00. The number of amides is 1. The number of carbonyl (C=O) groups excluding carboxylic acids is 2. The molecule has 1 N–H and O–H groups in total. The van der Waals surface area contributed by atoms with E-state index in [1.807, 2.05) is 36.2 Å². The number of rotatable bonds is 7. The van der Waals surface area contributed by atoms with Crippen LogP contribution in [0.25, 0.3) is 0 Å². The van der Waals surface area contributed by atoms with Crippen LogP contribution in [0.4, 0.5) is 5.82 Å². The van der Waals surface area contributed by atoms with Gasteiger partial charge in [-0.15, -0.1) is 0 Å². The molecular formula is C17H21BrN4O3. The summed E-state index contributed by atoms with van der Waals surface area (Å²) in [7, 11) is 3.51. The Morgan fingerprint density at radius 2 is 2.00 bits per heavy atom. The van der Waals surface area contributed by atoms with Gasteiger partial charge in [-0.05, 0) is 31.7 Å². The lowest BCUT2D eigenvalue weighted by molar-refractivity contribution is -0.117. The van der Waals surface area contributed by atoms with Crippen LogP contribution in [0.2, 0.25) is 0 Å². The molecule has 0 aliphatic rings. The van der Waals surface area contributed by atoms with Gasteiger partial charge in [-0.3, -0.25) is 14.4 Å². The lowest BCUT2D eigenvalue weighted by Crippen LogP contribution is -2.31. The van der Waals surface area contributed by atoms with Crippen LogP contribution in [-0.4, -0.2) is 46.8 Å². The molecule has 0 aliphatic carbocycles. The number of hydrogen-bond acceptors (Lipinski definition) is 5. The van der Waals surface area contributed by atoms with Crippen LogP contribution in [-0.2, 0) is 23.1 Å². The highest BCUT2D eigenvalue weighted by Crippen LogP contribution is 2.16. The minimum Gasteiger partial charge on any atom is -0.462 e. The molecule has 134 valence electrons. The van der Waals surface area contributed by atoms with E-state index in [0.717, 1.165) is 10.0 Å². The predicted molar refractivity (Wildman–Crippen MR) is 98.3 cm³/mol. The number of aryl methyl sites for hydroxylation is 1. The quantitative estimate of drug-likeness (QED) is 0.711. The Hall–Kier alpha value is -2.19. The third kappa shape index (κ3) is 5.40. The maximum Gasteiger partial charge on any atom is 0.343 e. The number of ether oxygens (including phenoxy) is 1. The van der Waals surface area contributed by atoms with Crippen molar-refractivity contribution in [3.05, 3.63) is 46.1 Å². The fourth-order valence-corrected chi connectivity index (χ4v) is 2.58. The topological polar surface area (TPSA) is 76.5 Å². The predicted octanol–water partition coefficient (Wildman–Crippen LogP) is 2.43. The number of nitrogens with zero attached hydrogens (tertiary/aromatic N) is 3. The first-order chi connectivity index (χ1) is 11.9. The maximum absolute atomic E-state index is 12.3. The van der Waals surface area contributed by atoms with Gasteiger partial charge in [0, 0.05) is 18.1 Å². The van der Waals surface area contributed by atoms with Crippen molar-refractivity contribution in [2.75, 3.05) is 25.5 Å². The van der Waals surface area contributed by atoms with E-state index >= 15 is 0 Å². The van der Waals surface area contributed by atoms with Gasteiger partial charge in [0.2, 0.25) is 5.91 Å². The van der Waals surface area contributed by atoms with Crippen molar-refractivity contribution >= 4 is 33.6 Å². The van der Waals surface area contributed by atoms with Crippen molar-refractivity contribution < 1.29 is 14.3 Å². The number of carbonyl (C=O) groups is 2. The SMILES string of the molecule is CCOC(=O)c1cnn(C)c1NC(=O)CN(C)Cc1ccc(Br)cc1. The smallest absolute Gasteiger partial charge is 0.343 e. The normalized spacial score (nSPS) is 10.8. The van der Waals surface area contributed by atoms with E-state index in [4.69, 9.17) is 4.74 Å². The average Bonchev–Trinajstić information content (AvgIpc) is 2.90. The lowest BCUT2D eigenvalue weighted by Gasteiger charge is -2.17. The minimum absolute atomic E-state index is 0.184. The number of hydrogen-bond donors (Lipinski definition) is 1. The van der Waals surface area contributed by atoms with Crippen molar-refractivity contribution in [1.82, 2.24) is 14.7 Å². The van der Waals surface area contributed by atoms with Gasteiger partial charge in [-0.2, -0.15) is 5.10 Å². The van der Waals surface area contributed by atoms with Crippen LogP contribution in [0.15, 0.2) is 34.9 Å². The summed E-state index contributed by atoms with van der Waals surface area (Å²) in [5, 5.41) is 6.75. The van der Waals surface area contributed by atoms with Crippen LogP contribution in [0.3, 0.4) is 0 Å². The van der Waals surface area contributed by atoms with Crippen molar-refractivity contribution in [2.24, 2.45) is 7.05 Å². The number of aromatic nitrogens is 2. The summed E-state index contributed by atoms with van der Waals surface area (Å²) in [4.78, 5) is 26.1. The molecule has 25 heavy (non-hydrogen) atoms. The molecular weight excluding hydrogens is 388 g/mol. The molecule has 0 aliphatic heterocycles. The Balaban J connectivity index is 1.97. The maximum atomic E-state index is 12.3. The first kappa shape index (κ1) is 19.1. The van der Waals surface area contributed by atoms with E-state index in [1.54, 1.807) is 14.0 Å². The Morgan fingerprint density at radius 3 is 2.64 bits per heavy atom.